The summed E-state index contributed by atoms with van der Waals surface area (Å²) in [6.45, 7) is 14.0. The Hall–Kier alpha value is -1.94. The molecule has 17 nitrogen and oxygen atoms in total. The maximum Gasteiger partial charge on any atom is 0.472 e. The Bertz CT molecular complexity index is 1770. The maximum absolute atomic E-state index is 13.0. The predicted molar refractivity (Wildman–Crippen MR) is 358 cm³/mol. The van der Waals surface area contributed by atoms with Gasteiger partial charge in [0.1, 0.15) is 19.3 Å². The van der Waals surface area contributed by atoms with Crippen molar-refractivity contribution >= 4 is 39.5 Å². The molecule has 0 amide bonds. The molecule has 0 saturated heterocycles. The SMILES string of the molecule is CCC(C)CCCCCCCCCCCCCCCCC(=O)OC[C@H](COP(=O)(O)OC[C@@H](O)COP(=O)(O)OC[C@@H](COC(=O)CCCCCCCCC(C)C)OC(=O)CCCCCCCCCC(C)C)OC(=O)CCCCCCCCCCCC(C)C. The third-order valence-corrected chi connectivity index (χ3v) is 18.3. The van der Waals surface area contributed by atoms with Gasteiger partial charge in [-0.1, -0.05) is 293 Å². The van der Waals surface area contributed by atoms with Crippen molar-refractivity contribution in [3.05, 3.63) is 0 Å². The summed E-state index contributed by atoms with van der Waals surface area (Å²) in [6.07, 6.45) is 42.0. The number of hydrogen-bond donors (Lipinski definition) is 3. The van der Waals surface area contributed by atoms with Gasteiger partial charge in [0, 0.05) is 25.7 Å². The lowest BCUT2D eigenvalue weighted by Gasteiger charge is -2.21. The van der Waals surface area contributed by atoms with Gasteiger partial charge in [0.15, 0.2) is 12.2 Å². The van der Waals surface area contributed by atoms with Crippen LogP contribution >= 0.6 is 15.6 Å². The first kappa shape index (κ1) is 87.1. The zero-order valence-electron chi connectivity index (χ0n) is 58.1. The summed E-state index contributed by atoms with van der Waals surface area (Å²) in [4.78, 5) is 72.4. The zero-order valence-corrected chi connectivity index (χ0v) is 59.8. The topological polar surface area (TPSA) is 237 Å². The summed E-state index contributed by atoms with van der Waals surface area (Å²) in [6, 6.07) is 0. The predicted octanol–water partition coefficient (Wildman–Crippen LogP) is 19.7. The number of unbranched alkanes of at least 4 members (excludes halogenated alkanes) is 32. The number of ether oxygens (including phenoxy) is 4. The van der Waals surface area contributed by atoms with Gasteiger partial charge in [0.25, 0.3) is 0 Å². The largest absolute Gasteiger partial charge is 0.472 e. The maximum atomic E-state index is 13.0. The van der Waals surface area contributed by atoms with Gasteiger partial charge in [-0.3, -0.25) is 37.3 Å². The van der Waals surface area contributed by atoms with Crippen LogP contribution in [-0.2, 0) is 65.4 Å². The molecule has 3 unspecified atom stereocenters. The second-order valence-electron chi connectivity index (χ2n) is 26.9. The molecule has 0 bridgehead atoms. The smallest absolute Gasteiger partial charge is 0.462 e. The van der Waals surface area contributed by atoms with E-state index >= 15 is 0 Å². The summed E-state index contributed by atoms with van der Waals surface area (Å²) >= 11 is 0. The highest BCUT2D eigenvalue weighted by atomic mass is 31.2. The standard InChI is InChI=1S/C70H136O17P2/c1-9-63(8)49-41-33-24-18-14-12-10-11-13-15-19-25-34-42-50-67(72)80-56-65(86-69(74)52-44-36-26-20-16-17-22-30-38-46-60(2)3)58-84-88(76,77)82-54-64(71)55-83-89(78,79)85-59-66(57-81-68(73)51-43-35-29-28-32-40-48-62(6)7)87-70(75)53-45-37-27-21-23-31-39-47-61(4)5/h60-66,71H,9-59H2,1-8H3,(H,76,77)(H,78,79)/t63?,64-,65-,66-/m1/s1. The number of carbonyl (C=O) groups excluding carboxylic acids is 4. The Morgan fingerprint density at radius 1 is 0.315 bits per heavy atom. The Morgan fingerprint density at radius 3 is 0.798 bits per heavy atom. The van der Waals surface area contributed by atoms with Crippen LogP contribution in [0.1, 0.15) is 344 Å². The molecule has 0 aromatic carbocycles. The van der Waals surface area contributed by atoms with E-state index in [0.29, 0.717) is 37.5 Å². The van der Waals surface area contributed by atoms with Crippen LogP contribution in [0.2, 0.25) is 0 Å². The molecule has 6 atom stereocenters. The van der Waals surface area contributed by atoms with E-state index in [2.05, 4.69) is 55.4 Å². The minimum absolute atomic E-state index is 0.102. The van der Waals surface area contributed by atoms with E-state index in [1.54, 1.807) is 0 Å². The third-order valence-electron chi connectivity index (χ3n) is 16.4. The lowest BCUT2D eigenvalue weighted by Crippen LogP contribution is -2.30. The van der Waals surface area contributed by atoms with Gasteiger partial charge in [-0.25, -0.2) is 9.13 Å². The Balaban J connectivity index is 5.20. The second-order valence-corrected chi connectivity index (χ2v) is 29.8. The number of esters is 4. The molecule has 0 aliphatic carbocycles. The number of rotatable bonds is 67. The first-order valence-corrected chi connectivity index (χ1v) is 39.2. The summed E-state index contributed by atoms with van der Waals surface area (Å²) < 4.78 is 68.2. The Labute approximate surface area is 543 Å². The molecule has 0 spiro atoms. The highest BCUT2D eigenvalue weighted by molar-refractivity contribution is 7.47. The average Bonchev–Trinajstić information content (AvgIpc) is 3.68. The first-order valence-electron chi connectivity index (χ1n) is 36.2. The highest BCUT2D eigenvalue weighted by Crippen LogP contribution is 2.45. The highest BCUT2D eigenvalue weighted by Gasteiger charge is 2.30. The summed E-state index contributed by atoms with van der Waals surface area (Å²) in [5, 5.41) is 10.6. The van der Waals surface area contributed by atoms with Gasteiger partial charge in [-0.2, -0.15) is 0 Å². The molecule has 528 valence electrons. The van der Waals surface area contributed by atoms with Crippen molar-refractivity contribution in [3.63, 3.8) is 0 Å². The number of phosphoric acid groups is 2. The van der Waals surface area contributed by atoms with Crippen LogP contribution in [0.15, 0.2) is 0 Å². The van der Waals surface area contributed by atoms with Gasteiger partial charge in [0.05, 0.1) is 26.4 Å². The fourth-order valence-corrected chi connectivity index (χ4v) is 12.0. The van der Waals surface area contributed by atoms with E-state index in [0.717, 1.165) is 108 Å². The van der Waals surface area contributed by atoms with Crippen molar-refractivity contribution < 1.29 is 80.2 Å². The first-order chi connectivity index (χ1) is 42.6. The van der Waals surface area contributed by atoms with Gasteiger partial charge in [-0.15, -0.1) is 0 Å². The van der Waals surface area contributed by atoms with Crippen LogP contribution in [0.4, 0.5) is 0 Å². The van der Waals surface area contributed by atoms with E-state index in [1.807, 2.05) is 0 Å². The molecule has 89 heavy (non-hydrogen) atoms. The van der Waals surface area contributed by atoms with Crippen LogP contribution < -0.4 is 0 Å². The lowest BCUT2D eigenvalue weighted by atomic mass is 9.99. The minimum Gasteiger partial charge on any atom is -0.462 e. The molecule has 0 saturated carbocycles. The van der Waals surface area contributed by atoms with Gasteiger partial charge >= 0.3 is 39.5 Å². The van der Waals surface area contributed by atoms with Crippen molar-refractivity contribution in [1.29, 1.82) is 0 Å². The second kappa shape index (κ2) is 59.8. The normalized spacial score (nSPS) is 14.6. The van der Waals surface area contributed by atoms with Crippen LogP contribution in [0.3, 0.4) is 0 Å². The zero-order chi connectivity index (χ0) is 66.1. The molecule has 0 radical (unpaired) electrons. The van der Waals surface area contributed by atoms with E-state index in [4.69, 9.17) is 37.0 Å². The quantitative estimate of drug-likeness (QED) is 0.0222. The molecule has 0 aromatic heterocycles. The summed E-state index contributed by atoms with van der Waals surface area (Å²) in [5.41, 5.74) is 0. The number of aliphatic hydroxyl groups is 1. The van der Waals surface area contributed by atoms with Gasteiger partial charge in [-0.05, 0) is 49.4 Å². The van der Waals surface area contributed by atoms with E-state index < -0.39 is 97.5 Å². The average molecular weight is 1310 g/mol. The molecule has 3 N–H and O–H groups in total. The molecular formula is C70H136O17P2. The van der Waals surface area contributed by atoms with E-state index in [1.165, 1.54) is 141 Å². The summed E-state index contributed by atoms with van der Waals surface area (Å²) in [5.74, 6) is 0.828. The number of carbonyl (C=O) groups is 4. The molecule has 0 rings (SSSR count). The molecule has 0 aromatic rings. The molecule has 0 heterocycles. The van der Waals surface area contributed by atoms with Crippen molar-refractivity contribution in [2.45, 2.75) is 363 Å². The third kappa shape index (κ3) is 63.2. The molecule has 0 aliphatic heterocycles. The molecule has 0 aliphatic rings. The number of hydrogen-bond acceptors (Lipinski definition) is 15. The number of phosphoric ester groups is 2. The molecule has 0 fully saturated rings. The van der Waals surface area contributed by atoms with Crippen molar-refractivity contribution in [2.24, 2.45) is 23.7 Å². The van der Waals surface area contributed by atoms with Crippen molar-refractivity contribution in [3.8, 4) is 0 Å². The number of aliphatic hydroxyl groups excluding tert-OH is 1. The van der Waals surface area contributed by atoms with E-state index in [-0.39, 0.29) is 25.7 Å². The van der Waals surface area contributed by atoms with Crippen LogP contribution in [0.25, 0.3) is 0 Å². The van der Waals surface area contributed by atoms with Crippen molar-refractivity contribution in [2.75, 3.05) is 39.6 Å². The Kier molecular flexibility index (Phi) is 58.5. The minimum atomic E-state index is -4.95. The van der Waals surface area contributed by atoms with Gasteiger partial charge < -0.3 is 33.8 Å². The summed E-state index contributed by atoms with van der Waals surface area (Å²) in [7, 11) is -9.90. The van der Waals surface area contributed by atoms with E-state index in [9.17, 15) is 43.2 Å². The fraction of sp³-hybridized carbons (Fsp3) is 0.943. The molecule has 19 heteroatoms. The van der Waals surface area contributed by atoms with Crippen LogP contribution in [-0.4, -0.2) is 96.7 Å². The van der Waals surface area contributed by atoms with Crippen molar-refractivity contribution in [1.82, 2.24) is 0 Å². The van der Waals surface area contributed by atoms with Gasteiger partial charge in [0.2, 0.25) is 0 Å². The fourth-order valence-electron chi connectivity index (χ4n) is 10.5. The van der Waals surface area contributed by atoms with Crippen LogP contribution in [0, 0.1) is 23.7 Å². The lowest BCUT2D eigenvalue weighted by molar-refractivity contribution is -0.161. The Morgan fingerprint density at radius 2 is 0.539 bits per heavy atom. The monoisotopic (exact) mass is 1310 g/mol. The molecular weight excluding hydrogens is 1170 g/mol. The van der Waals surface area contributed by atoms with Crippen LogP contribution in [0.5, 0.6) is 0 Å².